The second kappa shape index (κ2) is 7.56. The smallest absolute Gasteiger partial charge is 0.184 e. The van der Waals surface area contributed by atoms with Crippen LogP contribution in [0.15, 0.2) is 36.4 Å². The Bertz CT molecular complexity index is 1170. The largest absolute Gasteiger partial charge is 0.321 e. The number of nitrogens with zero attached hydrogens (tertiary/aromatic N) is 3. The summed E-state index contributed by atoms with van der Waals surface area (Å²) >= 11 is 0. The number of H-pyrrole nitrogens is 2. The van der Waals surface area contributed by atoms with Crippen LogP contribution in [0.25, 0.3) is 34.4 Å². The van der Waals surface area contributed by atoms with Crippen molar-refractivity contribution in [2.75, 3.05) is 0 Å². The molecule has 6 nitrogen and oxygen atoms in total. The highest BCUT2D eigenvalue weighted by atomic mass is 19.1. The molecule has 2 heterocycles. The van der Waals surface area contributed by atoms with Gasteiger partial charge >= 0.3 is 0 Å². The summed E-state index contributed by atoms with van der Waals surface area (Å²) in [5.74, 6) is 0.165. The van der Waals surface area contributed by atoms with E-state index in [9.17, 15) is 8.78 Å². The number of nitrogens with one attached hydrogen (secondary N) is 2. The van der Waals surface area contributed by atoms with E-state index in [2.05, 4.69) is 25.4 Å². The van der Waals surface area contributed by atoms with Gasteiger partial charge in [0.05, 0.1) is 22.8 Å². The summed E-state index contributed by atoms with van der Waals surface area (Å²) in [4.78, 5) is 4.37. The first-order valence-corrected chi connectivity index (χ1v) is 9.22. The van der Waals surface area contributed by atoms with E-state index >= 15 is 0 Å². The van der Waals surface area contributed by atoms with Crippen LogP contribution in [0.3, 0.4) is 0 Å². The minimum atomic E-state index is -0.459. The number of halogens is 2. The molecule has 0 aliphatic carbocycles. The first kappa shape index (κ1) is 18.9. The van der Waals surface area contributed by atoms with E-state index in [1.807, 2.05) is 19.9 Å². The van der Waals surface area contributed by atoms with Gasteiger partial charge in [-0.05, 0) is 35.8 Å². The second-order valence-electron chi connectivity index (χ2n) is 7.19. The van der Waals surface area contributed by atoms with Crippen molar-refractivity contribution in [2.45, 2.75) is 19.9 Å². The topological polar surface area (TPSA) is 96.3 Å². The Morgan fingerprint density at radius 1 is 1.00 bits per heavy atom. The molecule has 0 saturated carbocycles. The van der Waals surface area contributed by atoms with E-state index in [1.165, 1.54) is 18.2 Å². The fraction of sp³-hybridized carbons (Fsp3) is 0.190. The van der Waals surface area contributed by atoms with Gasteiger partial charge in [-0.2, -0.15) is 10.2 Å². The summed E-state index contributed by atoms with van der Waals surface area (Å²) in [5, 5.41) is 14.7. The van der Waals surface area contributed by atoms with Gasteiger partial charge in [-0.3, -0.25) is 10.2 Å². The summed E-state index contributed by atoms with van der Waals surface area (Å²) in [5.41, 5.74) is 8.36. The van der Waals surface area contributed by atoms with E-state index < -0.39 is 5.82 Å². The predicted octanol–water partition coefficient (Wildman–Crippen LogP) is 4.45. The van der Waals surface area contributed by atoms with Crippen molar-refractivity contribution in [1.82, 2.24) is 25.4 Å². The van der Waals surface area contributed by atoms with Gasteiger partial charge in [0, 0.05) is 11.5 Å². The Labute approximate surface area is 165 Å². The van der Waals surface area contributed by atoms with Gasteiger partial charge in [0.1, 0.15) is 17.5 Å². The van der Waals surface area contributed by atoms with E-state index in [-0.39, 0.29) is 29.2 Å². The lowest BCUT2D eigenvalue weighted by Crippen LogP contribution is -2.18. The lowest BCUT2D eigenvalue weighted by molar-refractivity contribution is 0.492. The Kier molecular flexibility index (Phi) is 4.94. The minimum absolute atomic E-state index is 0.167. The lowest BCUT2D eigenvalue weighted by Gasteiger charge is -2.11. The summed E-state index contributed by atoms with van der Waals surface area (Å²) in [6.07, 6.45) is 3.59. The average Bonchev–Trinajstić information content (AvgIpc) is 3.33. The summed E-state index contributed by atoms with van der Waals surface area (Å²) in [6.45, 7) is 3.95. The number of rotatable bonds is 5. The number of aromatic nitrogens is 5. The fourth-order valence-corrected chi connectivity index (χ4v) is 2.97. The third-order valence-corrected chi connectivity index (χ3v) is 4.76. The van der Waals surface area contributed by atoms with Gasteiger partial charge in [-0.25, -0.2) is 13.8 Å². The molecule has 0 saturated heterocycles. The highest BCUT2D eigenvalue weighted by molar-refractivity contribution is 5.92. The van der Waals surface area contributed by atoms with Gasteiger partial charge in [-0.1, -0.05) is 32.1 Å². The van der Waals surface area contributed by atoms with Crippen molar-refractivity contribution in [1.29, 1.82) is 0 Å². The molecule has 29 heavy (non-hydrogen) atoms. The van der Waals surface area contributed by atoms with Gasteiger partial charge in [0.15, 0.2) is 5.82 Å². The minimum Gasteiger partial charge on any atom is -0.321 e. The zero-order valence-corrected chi connectivity index (χ0v) is 15.9. The van der Waals surface area contributed by atoms with E-state index in [0.29, 0.717) is 17.0 Å². The molecule has 0 amide bonds. The second-order valence-corrected chi connectivity index (χ2v) is 7.19. The molecule has 2 aromatic carbocycles. The van der Waals surface area contributed by atoms with Crippen LogP contribution in [0.2, 0.25) is 0 Å². The maximum atomic E-state index is 14.6. The maximum absolute atomic E-state index is 14.6. The molecule has 4 aromatic rings. The Morgan fingerprint density at radius 3 is 2.48 bits per heavy atom. The van der Waals surface area contributed by atoms with Gasteiger partial charge in [0.25, 0.3) is 0 Å². The average molecular weight is 394 g/mol. The van der Waals surface area contributed by atoms with E-state index in [1.54, 1.807) is 24.3 Å². The normalized spacial score (nSPS) is 13.0. The van der Waals surface area contributed by atoms with Crippen LogP contribution in [-0.4, -0.2) is 25.4 Å². The quantitative estimate of drug-likeness (QED) is 0.466. The molecule has 0 radical (unpaired) electrons. The maximum Gasteiger partial charge on any atom is 0.184 e. The summed E-state index contributed by atoms with van der Waals surface area (Å²) in [6, 6.07) is 8.82. The molecule has 4 rings (SSSR count). The van der Waals surface area contributed by atoms with Gasteiger partial charge < -0.3 is 5.73 Å². The number of benzene rings is 2. The first-order valence-electron chi connectivity index (χ1n) is 9.22. The van der Waals surface area contributed by atoms with E-state index in [4.69, 9.17) is 5.73 Å². The van der Waals surface area contributed by atoms with Crippen molar-refractivity contribution in [2.24, 2.45) is 11.7 Å². The van der Waals surface area contributed by atoms with Crippen LogP contribution in [0.4, 0.5) is 8.78 Å². The number of hydrogen-bond donors (Lipinski definition) is 3. The molecule has 4 N–H and O–H groups in total. The van der Waals surface area contributed by atoms with Crippen LogP contribution >= 0.6 is 0 Å². The molecular formula is C21H20F2N6. The molecule has 1 atom stereocenters. The number of fused-ring (bicyclic) bond motifs is 1. The predicted molar refractivity (Wildman–Crippen MR) is 109 cm³/mol. The number of hydrogen-bond acceptors (Lipinski definition) is 4. The van der Waals surface area contributed by atoms with Crippen LogP contribution in [-0.2, 0) is 0 Å². The molecule has 0 aliphatic rings. The monoisotopic (exact) mass is 394 g/mol. The highest BCUT2D eigenvalue weighted by Crippen LogP contribution is 2.28. The zero-order valence-electron chi connectivity index (χ0n) is 15.9. The zero-order chi connectivity index (χ0) is 20.5. The van der Waals surface area contributed by atoms with Crippen LogP contribution in [0.1, 0.15) is 37.0 Å². The molecule has 0 unspecified atom stereocenters. The molecule has 0 bridgehead atoms. The van der Waals surface area contributed by atoms with Crippen LogP contribution in [0.5, 0.6) is 0 Å². The molecule has 148 valence electrons. The Morgan fingerprint density at radius 2 is 1.76 bits per heavy atom. The highest BCUT2D eigenvalue weighted by Gasteiger charge is 2.19. The Balaban J connectivity index is 1.70. The molecule has 0 aliphatic heterocycles. The summed E-state index contributed by atoms with van der Waals surface area (Å²) < 4.78 is 27.7. The third kappa shape index (κ3) is 3.79. The van der Waals surface area contributed by atoms with Crippen molar-refractivity contribution < 1.29 is 8.78 Å². The molecule has 8 heteroatoms. The van der Waals surface area contributed by atoms with Crippen LogP contribution < -0.4 is 5.73 Å². The van der Waals surface area contributed by atoms with Crippen molar-refractivity contribution in [3.05, 3.63) is 65.1 Å². The number of aromatic amines is 2. The molecular weight excluding hydrogens is 374 g/mol. The third-order valence-electron chi connectivity index (χ3n) is 4.76. The molecule has 0 fully saturated rings. The molecule has 0 spiro atoms. The number of nitrogens with two attached hydrogens (primary N) is 1. The standard InChI is InChI=1S/C21H20F2N6/c1-11(2)19(24)21-25-20(28-29-21)14-9-15-17(26-27-18(15)10-16(14)23)8-5-12-3-6-13(22)7-4-12/h3-11,19H,24H2,1-2H3,(H,26,27)(H,25,28,29)/b8-5+/t19-/m0/s1. The van der Waals surface area contributed by atoms with Crippen molar-refractivity contribution in [3.8, 4) is 11.4 Å². The molecule has 2 aromatic heterocycles. The van der Waals surface area contributed by atoms with Crippen molar-refractivity contribution in [3.63, 3.8) is 0 Å². The lowest BCUT2D eigenvalue weighted by atomic mass is 10.1. The van der Waals surface area contributed by atoms with Crippen LogP contribution in [0, 0.1) is 17.6 Å². The summed E-state index contributed by atoms with van der Waals surface area (Å²) in [7, 11) is 0. The van der Waals surface area contributed by atoms with Gasteiger partial charge in [-0.15, -0.1) is 0 Å². The van der Waals surface area contributed by atoms with E-state index in [0.717, 1.165) is 10.9 Å². The fourth-order valence-electron chi connectivity index (χ4n) is 2.97. The van der Waals surface area contributed by atoms with Crippen molar-refractivity contribution >= 4 is 23.1 Å². The van der Waals surface area contributed by atoms with Gasteiger partial charge in [0.2, 0.25) is 0 Å². The Hall–Kier alpha value is -3.39. The SMILES string of the molecule is CC(C)[C@H](N)c1nc(-c2cc3c(/C=C/c4ccc(F)cc4)n[nH]c3cc2F)n[nH]1. The first-order chi connectivity index (χ1) is 13.9.